The van der Waals surface area contributed by atoms with Crippen LogP contribution in [0.5, 0.6) is 0 Å². The first-order valence-electron chi connectivity index (χ1n) is 9.02. The molecule has 0 bridgehead atoms. The lowest BCUT2D eigenvalue weighted by atomic mass is 10.0. The molecule has 4 rings (SSSR count). The fourth-order valence-electron chi connectivity index (χ4n) is 3.23. The summed E-state index contributed by atoms with van der Waals surface area (Å²) in [5, 5.41) is 5.38. The van der Waals surface area contributed by atoms with Crippen LogP contribution in [-0.4, -0.2) is 14.6 Å². The van der Waals surface area contributed by atoms with Gasteiger partial charge in [-0.2, -0.15) is 18.3 Å². The van der Waals surface area contributed by atoms with Gasteiger partial charge in [0.1, 0.15) is 5.03 Å². The van der Waals surface area contributed by atoms with E-state index in [9.17, 15) is 13.2 Å². The molecule has 29 heavy (non-hydrogen) atoms. The molecule has 0 amide bonds. The zero-order valence-electron chi connectivity index (χ0n) is 15.9. The number of fused-ring (bicyclic) bond motifs is 1. The van der Waals surface area contributed by atoms with E-state index in [0.717, 1.165) is 33.4 Å². The average molecular weight is 413 g/mol. The second-order valence-electron chi connectivity index (χ2n) is 6.90. The molecular weight excluding hydrogens is 395 g/mol. The maximum absolute atomic E-state index is 12.9. The number of aryl methyl sites for hydroxylation is 2. The third kappa shape index (κ3) is 4.15. The highest BCUT2D eigenvalue weighted by molar-refractivity contribution is 7.98. The second-order valence-corrected chi connectivity index (χ2v) is 7.86. The van der Waals surface area contributed by atoms with Crippen molar-refractivity contribution < 1.29 is 13.2 Å². The minimum Gasteiger partial charge on any atom is -0.246 e. The number of hydrogen-bond donors (Lipinski definition) is 0. The summed E-state index contributed by atoms with van der Waals surface area (Å²) in [5.41, 5.74) is 5.02. The van der Waals surface area contributed by atoms with Crippen molar-refractivity contribution in [1.82, 2.24) is 14.6 Å². The molecule has 0 saturated heterocycles. The Morgan fingerprint density at radius 3 is 2.62 bits per heavy atom. The Labute approximate surface area is 170 Å². The molecule has 148 valence electrons. The summed E-state index contributed by atoms with van der Waals surface area (Å²) in [6.45, 7) is 4.10. The number of rotatable bonds is 4. The van der Waals surface area contributed by atoms with Gasteiger partial charge in [-0.3, -0.25) is 0 Å². The van der Waals surface area contributed by atoms with Crippen LogP contribution in [0.2, 0.25) is 0 Å². The topological polar surface area (TPSA) is 30.2 Å². The number of thioether (sulfide) groups is 1. The highest BCUT2D eigenvalue weighted by atomic mass is 32.2. The van der Waals surface area contributed by atoms with Crippen LogP contribution in [0.25, 0.3) is 16.8 Å². The van der Waals surface area contributed by atoms with Crippen LogP contribution in [0, 0.1) is 13.8 Å². The van der Waals surface area contributed by atoms with Gasteiger partial charge < -0.3 is 0 Å². The molecule has 0 atom stereocenters. The predicted octanol–water partition coefficient (Wildman–Crippen LogP) is 6.32. The summed E-state index contributed by atoms with van der Waals surface area (Å²) in [5.74, 6) is 0.390. The summed E-state index contributed by atoms with van der Waals surface area (Å²) >= 11 is 1.40. The fraction of sp³-hybridized carbons (Fsp3) is 0.182. The quantitative estimate of drug-likeness (QED) is 0.367. The SMILES string of the molecule is Cc1ccc(-c2cc3c(SCc4cccc(C(F)(F)F)c4)nccn3n2)c(C)c1. The molecule has 0 aliphatic rings. The lowest BCUT2D eigenvalue weighted by Crippen LogP contribution is -2.04. The van der Waals surface area contributed by atoms with E-state index in [2.05, 4.69) is 22.2 Å². The van der Waals surface area contributed by atoms with Crippen molar-refractivity contribution in [3.8, 4) is 11.3 Å². The molecule has 0 N–H and O–H groups in total. The van der Waals surface area contributed by atoms with Gasteiger partial charge in [-0.25, -0.2) is 9.50 Å². The largest absolute Gasteiger partial charge is 0.416 e. The molecule has 2 aromatic heterocycles. The van der Waals surface area contributed by atoms with Gasteiger partial charge in [0.2, 0.25) is 0 Å². The van der Waals surface area contributed by atoms with Crippen molar-refractivity contribution in [2.75, 3.05) is 0 Å². The predicted molar refractivity (Wildman–Crippen MR) is 109 cm³/mol. The average Bonchev–Trinajstić information content (AvgIpc) is 3.10. The zero-order valence-corrected chi connectivity index (χ0v) is 16.7. The number of benzene rings is 2. The molecule has 3 nitrogen and oxygen atoms in total. The number of alkyl halides is 3. The van der Waals surface area contributed by atoms with E-state index in [1.165, 1.54) is 29.5 Å². The number of aromatic nitrogens is 3. The van der Waals surface area contributed by atoms with Crippen LogP contribution in [0.3, 0.4) is 0 Å². The first-order valence-corrected chi connectivity index (χ1v) is 10.0. The van der Waals surface area contributed by atoms with Crippen molar-refractivity contribution in [2.45, 2.75) is 30.8 Å². The van der Waals surface area contributed by atoms with E-state index in [0.29, 0.717) is 11.3 Å². The van der Waals surface area contributed by atoms with Crippen LogP contribution in [-0.2, 0) is 11.9 Å². The number of nitrogens with zero attached hydrogens (tertiary/aromatic N) is 3. The summed E-state index contributed by atoms with van der Waals surface area (Å²) in [6, 6.07) is 13.6. The summed E-state index contributed by atoms with van der Waals surface area (Å²) in [6.07, 6.45) is -0.915. The van der Waals surface area contributed by atoms with Crippen molar-refractivity contribution in [3.63, 3.8) is 0 Å². The van der Waals surface area contributed by atoms with Gasteiger partial charge in [0, 0.05) is 23.7 Å². The summed E-state index contributed by atoms with van der Waals surface area (Å²) in [7, 11) is 0. The van der Waals surface area contributed by atoms with E-state index >= 15 is 0 Å². The van der Waals surface area contributed by atoms with Crippen LogP contribution in [0.4, 0.5) is 13.2 Å². The molecule has 0 aliphatic heterocycles. The molecule has 0 aliphatic carbocycles. The van der Waals surface area contributed by atoms with Gasteiger partial charge in [-0.1, -0.05) is 53.7 Å². The van der Waals surface area contributed by atoms with E-state index in [4.69, 9.17) is 0 Å². The first kappa shape index (κ1) is 19.5. The van der Waals surface area contributed by atoms with E-state index in [1.807, 2.05) is 26.0 Å². The molecule has 0 fully saturated rings. The summed E-state index contributed by atoms with van der Waals surface area (Å²) in [4.78, 5) is 4.42. The Kier molecular flexibility index (Phi) is 5.08. The zero-order chi connectivity index (χ0) is 20.6. The minimum atomic E-state index is -4.34. The number of halogens is 3. The van der Waals surface area contributed by atoms with Crippen LogP contribution in [0.1, 0.15) is 22.3 Å². The van der Waals surface area contributed by atoms with Gasteiger partial charge in [-0.05, 0) is 37.1 Å². The maximum atomic E-state index is 12.9. The number of hydrogen-bond acceptors (Lipinski definition) is 3. The van der Waals surface area contributed by atoms with Crippen molar-refractivity contribution in [3.05, 3.63) is 83.2 Å². The monoisotopic (exact) mass is 413 g/mol. The molecule has 2 aromatic carbocycles. The standard InChI is InChI=1S/C22H18F3N3S/c1-14-6-7-18(15(2)10-14)19-12-20-21(26-8-9-28(20)27-19)29-13-16-4-3-5-17(11-16)22(23,24)25/h3-12H,13H2,1-2H3. The van der Waals surface area contributed by atoms with E-state index in [1.54, 1.807) is 23.0 Å². The van der Waals surface area contributed by atoms with Crippen molar-refractivity contribution >= 4 is 17.3 Å². The minimum absolute atomic E-state index is 0.390. The normalized spacial score (nSPS) is 11.9. The van der Waals surface area contributed by atoms with E-state index in [-0.39, 0.29) is 0 Å². The van der Waals surface area contributed by atoms with Gasteiger partial charge in [-0.15, -0.1) is 0 Å². The van der Waals surface area contributed by atoms with Gasteiger partial charge in [0.15, 0.2) is 0 Å². The lowest BCUT2D eigenvalue weighted by Gasteiger charge is -2.08. The Balaban J connectivity index is 1.63. The second kappa shape index (κ2) is 7.55. The molecule has 0 radical (unpaired) electrons. The Bertz CT molecular complexity index is 1180. The molecule has 4 aromatic rings. The van der Waals surface area contributed by atoms with Crippen LogP contribution >= 0.6 is 11.8 Å². The maximum Gasteiger partial charge on any atom is 0.416 e. The molecule has 2 heterocycles. The Hall–Kier alpha value is -2.80. The van der Waals surface area contributed by atoms with Crippen LogP contribution in [0.15, 0.2) is 66.0 Å². The van der Waals surface area contributed by atoms with Gasteiger partial charge in [0.25, 0.3) is 0 Å². The first-order chi connectivity index (χ1) is 13.8. The molecule has 0 saturated carbocycles. The molecular formula is C22H18F3N3S. The highest BCUT2D eigenvalue weighted by Gasteiger charge is 2.30. The highest BCUT2D eigenvalue weighted by Crippen LogP contribution is 2.32. The van der Waals surface area contributed by atoms with Gasteiger partial charge >= 0.3 is 6.18 Å². The van der Waals surface area contributed by atoms with Crippen LogP contribution < -0.4 is 0 Å². The summed E-state index contributed by atoms with van der Waals surface area (Å²) < 4.78 is 40.6. The molecule has 0 spiro atoms. The fourth-order valence-corrected chi connectivity index (χ4v) is 4.15. The lowest BCUT2D eigenvalue weighted by molar-refractivity contribution is -0.137. The molecule has 7 heteroatoms. The third-order valence-electron chi connectivity index (χ3n) is 4.64. The van der Waals surface area contributed by atoms with Crippen molar-refractivity contribution in [2.24, 2.45) is 0 Å². The third-order valence-corrected chi connectivity index (χ3v) is 5.71. The van der Waals surface area contributed by atoms with E-state index < -0.39 is 11.7 Å². The van der Waals surface area contributed by atoms with Gasteiger partial charge in [0.05, 0.1) is 16.8 Å². The Morgan fingerprint density at radius 1 is 1.03 bits per heavy atom. The Morgan fingerprint density at radius 2 is 1.86 bits per heavy atom. The molecule has 0 unspecified atom stereocenters. The smallest absolute Gasteiger partial charge is 0.246 e. The van der Waals surface area contributed by atoms with Crippen molar-refractivity contribution in [1.29, 1.82) is 0 Å².